The third kappa shape index (κ3) is 6.03. The van der Waals surface area contributed by atoms with Crippen LogP contribution in [-0.2, 0) is 4.79 Å². The molecule has 0 saturated heterocycles. The van der Waals surface area contributed by atoms with Gasteiger partial charge in [-0.25, -0.2) is 0 Å². The van der Waals surface area contributed by atoms with Crippen molar-refractivity contribution >= 4 is 39.2 Å². The maximum atomic E-state index is 11.6. The molecule has 5 nitrogen and oxygen atoms in total. The summed E-state index contributed by atoms with van der Waals surface area (Å²) in [6, 6.07) is 5.63. The van der Waals surface area contributed by atoms with E-state index in [4.69, 9.17) is 17.0 Å². The van der Waals surface area contributed by atoms with E-state index in [9.17, 15) is 4.79 Å². The highest BCUT2D eigenvalue weighted by molar-refractivity contribution is 9.10. The summed E-state index contributed by atoms with van der Waals surface area (Å²) in [4.78, 5) is 11.6. The second kappa shape index (κ2) is 8.55. The Morgan fingerprint density at radius 1 is 1.50 bits per heavy atom. The van der Waals surface area contributed by atoms with Crippen LogP contribution >= 0.6 is 28.1 Å². The van der Waals surface area contributed by atoms with Crippen LogP contribution in [0.25, 0.3) is 0 Å². The molecule has 0 saturated carbocycles. The van der Waals surface area contributed by atoms with Gasteiger partial charge < -0.3 is 10.1 Å². The van der Waals surface area contributed by atoms with Crippen LogP contribution in [0.1, 0.15) is 5.56 Å². The predicted octanol–water partition coefficient (Wildman–Crippen LogP) is 1.82. The van der Waals surface area contributed by atoms with Crippen molar-refractivity contribution in [1.29, 1.82) is 0 Å². The molecule has 0 aliphatic heterocycles. The summed E-state index contributed by atoms with van der Waals surface area (Å²) in [5, 5.41) is 3.13. The topological polar surface area (TPSA) is 62.4 Å². The zero-order valence-electron chi connectivity index (χ0n) is 11.0. The Hall–Kier alpha value is -1.60. The predicted molar refractivity (Wildman–Crippen MR) is 86.5 cm³/mol. The molecule has 7 heteroatoms. The smallest absolute Gasteiger partial charge is 0.276 e. The summed E-state index contributed by atoms with van der Waals surface area (Å²) < 4.78 is 6.20. The van der Waals surface area contributed by atoms with Crippen molar-refractivity contribution in [3.05, 3.63) is 40.9 Å². The molecule has 0 aromatic heterocycles. The number of carbonyl (C=O) groups excluding carboxylic acids is 1. The van der Waals surface area contributed by atoms with Crippen LogP contribution in [-0.4, -0.2) is 24.2 Å². The number of benzene rings is 1. The summed E-state index contributed by atoms with van der Waals surface area (Å²) in [5.74, 6) is 0.276. The molecule has 0 fully saturated rings. The Kier molecular flexibility index (Phi) is 7.03. The molecule has 0 bridgehead atoms. The highest BCUT2D eigenvalue weighted by Gasteiger charge is 2.06. The molecule has 0 radical (unpaired) electrons. The van der Waals surface area contributed by atoms with Crippen LogP contribution in [0.15, 0.2) is 35.3 Å². The van der Waals surface area contributed by atoms with Crippen molar-refractivity contribution < 1.29 is 9.53 Å². The third-order valence-corrected chi connectivity index (χ3v) is 3.03. The zero-order valence-corrected chi connectivity index (χ0v) is 13.4. The Morgan fingerprint density at radius 2 is 2.25 bits per heavy atom. The number of thiocarbonyl (C=S) groups is 1. The minimum atomic E-state index is -0.333. The van der Waals surface area contributed by atoms with Crippen molar-refractivity contribution in [2.75, 3.05) is 13.2 Å². The van der Waals surface area contributed by atoms with Gasteiger partial charge in [-0.1, -0.05) is 12.1 Å². The van der Waals surface area contributed by atoms with Gasteiger partial charge in [0.05, 0.1) is 4.47 Å². The van der Waals surface area contributed by atoms with Gasteiger partial charge in [-0.15, -0.1) is 6.58 Å². The summed E-state index contributed by atoms with van der Waals surface area (Å²) in [6.07, 6.45) is 1.66. The minimum absolute atomic E-state index is 0.112. The molecule has 1 amide bonds. The zero-order chi connectivity index (χ0) is 15.0. The molecule has 0 spiro atoms. The van der Waals surface area contributed by atoms with E-state index in [1.165, 1.54) is 0 Å². The van der Waals surface area contributed by atoms with Gasteiger partial charge in [0.2, 0.25) is 0 Å². The van der Waals surface area contributed by atoms with Gasteiger partial charge in [0.1, 0.15) is 5.75 Å². The maximum Gasteiger partial charge on any atom is 0.276 e. The number of ether oxygens (including phenoxy) is 1. The number of hydrazine groups is 1. The molecule has 0 aliphatic rings. The lowest BCUT2D eigenvalue weighted by Crippen LogP contribution is -2.48. The fourth-order valence-corrected chi connectivity index (χ4v) is 1.98. The van der Waals surface area contributed by atoms with Gasteiger partial charge in [-0.3, -0.25) is 15.6 Å². The van der Waals surface area contributed by atoms with E-state index in [0.29, 0.717) is 17.4 Å². The van der Waals surface area contributed by atoms with E-state index in [1.54, 1.807) is 12.1 Å². The Morgan fingerprint density at radius 3 is 2.90 bits per heavy atom. The van der Waals surface area contributed by atoms with Crippen molar-refractivity contribution in [2.24, 2.45) is 0 Å². The molecular weight excluding hydrogens is 342 g/mol. The number of carbonyl (C=O) groups is 1. The molecule has 1 aromatic carbocycles. The van der Waals surface area contributed by atoms with Crippen LogP contribution in [0.5, 0.6) is 5.75 Å². The largest absolute Gasteiger partial charge is 0.483 e. The van der Waals surface area contributed by atoms with Gasteiger partial charge in [-0.2, -0.15) is 0 Å². The molecule has 0 atom stereocenters. The molecule has 108 valence electrons. The van der Waals surface area contributed by atoms with E-state index in [1.807, 2.05) is 19.1 Å². The number of hydrogen-bond donors (Lipinski definition) is 3. The first-order chi connectivity index (χ1) is 9.52. The molecule has 1 rings (SSSR count). The summed E-state index contributed by atoms with van der Waals surface area (Å²) in [6.45, 7) is 5.93. The first kappa shape index (κ1) is 16.5. The van der Waals surface area contributed by atoms with E-state index >= 15 is 0 Å². The number of amides is 1. The summed E-state index contributed by atoms with van der Waals surface area (Å²) in [7, 11) is 0. The van der Waals surface area contributed by atoms with Gasteiger partial charge in [-0.05, 0) is 52.8 Å². The van der Waals surface area contributed by atoms with Gasteiger partial charge in [0.15, 0.2) is 11.7 Å². The lowest BCUT2D eigenvalue weighted by atomic mass is 10.2. The van der Waals surface area contributed by atoms with E-state index in [0.717, 1.165) is 10.0 Å². The van der Waals surface area contributed by atoms with Crippen LogP contribution in [0, 0.1) is 6.92 Å². The van der Waals surface area contributed by atoms with Crippen LogP contribution in [0.4, 0.5) is 0 Å². The van der Waals surface area contributed by atoms with Gasteiger partial charge >= 0.3 is 0 Å². The maximum absolute atomic E-state index is 11.6. The second-order valence-electron chi connectivity index (χ2n) is 3.89. The van der Waals surface area contributed by atoms with Crippen molar-refractivity contribution in [3.63, 3.8) is 0 Å². The molecule has 1 aromatic rings. The fourth-order valence-electron chi connectivity index (χ4n) is 1.24. The SMILES string of the molecule is C=CCNC(=S)NNC(=O)COc1ccc(C)cc1Br. The molecule has 0 unspecified atom stereocenters. The van der Waals surface area contributed by atoms with Crippen LogP contribution < -0.4 is 20.9 Å². The Labute approximate surface area is 131 Å². The van der Waals surface area contributed by atoms with Crippen LogP contribution in [0.2, 0.25) is 0 Å². The van der Waals surface area contributed by atoms with Crippen LogP contribution in [0.3, 0.4) is 0 Å². The van der Waals surface area contributed by atoms with E-state index in [2.05, 4.69) is 38.7 Å². The number of halogens is 1. The first-order valence-electron chi connectivity index (χ1n) is 5.85. The quantitative estimate of drug-likeness (QED) is 0.426. The van der Waals surface area contributed by atoms with Crippen molar-refractivity contribution in [1.82, 2.24) is 16.2 Å². The average Bonchev–Trinajstić information content (AvgIpc) is 2.41. The van der Waals surface area contributed by atoms with Gasteiger partial charge in [0, 0.05) is 6.54 Å². The fraction of sp³-hybridized carbons (Fsp3) is 0.231. The Bertz CT molecular complexity index is 508. The molecule has 0 aliphatic carbocycles. The minimum Gasteiger partial charge on any atom is -0.483 e. The van der Waals surface area contributed by atoms with Crippen molar-refractivity contribution in [3.8, 4) is 5.75 Å². The van der Waals surface area contributed by atoms with E-state index in [-0.39, 0.29) is 12.5 Å². The number of aryl methyl sites for hydroxylation is 1. The number of nitrogens with one attached hydrogen (secondary N) is 3. The standard InChI is InChI=1S/C13H16BrN3O2S/c1-3-6-15-13(20)17-16-12(18)8-19-11-5-4-9(2)7-10(11)14/h3-5,7H,1,6,8H2,2H3,(H,16,18)(H2,15,17,20). The normalized spacial score (nSPS) is 9.50. The number of rotatable bonds is 5. The average molecular weight is 358 g/mol. The first-order valence-corrected chi connectivity index (χ1v) is 7.05. The molecule has 20 heavy (non-hydrogen) atoms. The highest BCUT2D eigenvalue weighted by Crippen LogP contribution is 2.25. The monoisotopic (exact) mass is 357 g/mol. The lowest BCUT2D eigenvalue weighted by molar-refractivity contribution is -0.123. The summed E-state index contributed by atoms with van der Waals surface area (Å²) in [5.41, 5.74) is 6.09. The van der Waals surface area contributed by atoms with E-state index < -0.39 is 0 Å². The third-order valence-electron chi connectivity index (χ3n) is 2.17. The highest BCUT2D eigenvalue weighted by atomic mass is 79.9. The van der Waals surface area contributed by atoms with Crippen molar-refractivity contribution in [2.45, 2.75) is 6.92 Å². The van der Waals surface area contributed by atoms with Gasteiger partial charge in [0.25, 0.3) is 5.91 Å². The molecular formula is C13H16BrN3O2S. The Balaban J connectivity index is 2.32. The number of hydrogen-bond acceptors (Lipinski definition) is 3. The molecule has 3 N–H and O–H groups in total. The summed E-state index contributed by atoms with van der Waals surface area (Å²) >= 11 is 8.29. The lowest BCUT2D eigenvalue weighted by Gasteiger charge is -2.11. The second-order valence-corrected chi connectivity index (χ2v) is 5.16. The molecule has 0 heterocycles.